The minimum Gasteiger partial charge on any atom is -0.352 e. The highest BCUT2D eigenvalue weighted by molar-refractivity contribution is 9.10. The third kappa shape index (κ3) is 4.39. The second-order valence-corrected chi connectivity index (χ2v) is 5.90. The number of amides is 1. The fourth-order valence-electron chi connectivity index (χ4n) is 2.12. The van der Waals surface area contributed by atoms with Gasteiger partial charge in [-0.05, 0) is 36.1 Å². The number of carbonyl (C=O) groups excluding carboxylic acids is 1. The fourth-order valence-corrected chi connectivity index (χ4v) is 2.45. The van der Waals surface area contributed by atoms with Gasteiger partial charge in [0.25, 0.3) is 5.91 Å². The first-order chi connectivity index (χ1) is 10.1. The van der Waals surface area contributed by atoms with Crippen molar-refractivity contribution < 1.29 is 9.18 Å². The van der Waals surface area contributed by atoms with Gasteiger partial charge in [0.05, 0.1) is 5.56 Å². The first-order valence-electron chi connectivity index (χ1n) is 6.86. The summed E-state index contributed by atoms with van der Waals surface area (Å²) in [5.74, 6) is -0.542. The predicted molar refractivity (Wildman–Crippen MR) is 85.9 cm³/mol. The van der Waals surface area contributed by atoms with Crippen molar-refractivity contribution in [2.45, 2.75) is 19.3 Å². The number of halogens is 2. The molecule has 0 aliphatic heterocycles. The van der Waals surface area contributed by atoms with Gasteiger partial charge in [0.15, 0.2) is 0 Å². The Morgan fingerprint density at radius 2 is 1.95 bits per heavy atom. The fraction of sp³-hybridized carbons (Fsp3) is 0.235. The Hall–Kier alpha value is -1.68. The summed E-state index contributed by atoms with van der Waals surface area (Å²) >= 11 is 3.17. The smallest absolute Gasteiger partial charge is 0.254 e. The van der Waals surface area contributed by atoms with Crippen molar-refractivity contribution in [3.8, 4) is 0 Å². The molecule has 110 valence electrons. The molecule has 0 saturated carbocycles. The van der Waals surface area contributed by atoms with Gasteiger partial charge >= 0.3 is 0 Å². The van der Waals surface area contributed by atoms with E-state index in [0.717, 1.165) is 6.42 Å². The molecule has 1 amide bonds. The molecule has 2 aromatic carbocycles. The minimum absolute atomic E-state index is 0.0746. The van der Waals surface area contributed by atoms with Crippen LogP contribution in [0, 0.1) is 5.82 Å². The van der Waals surface area contributed by atoms with E-state index < -0.39 is 5.82 Å². The number of hydrogen-bond acceptors (Lipinski definition) is 1. The summed E-state index contributed by atoms with van der Waals surface area (Å²) in [5.41, 5.74) is 1.31. The molecule has 0 spiro atoms. The zero-order chi connectivity index (χ0) is 15.2. The largest absolute Gasteiger partial charge is 0.352 e. The summed E-state index contributed by atoms with van der Waals surface area (Å²) in [6.07, 6.45) is 0.813. The molecule has 4 heteroatoms. The van der Waals surface area contributed by atoms with Gasteiger partial charge in [-0.2, -0.15) is 0 Å². The maximum absolute atomic E-state index is 13.7. The highest BCUT2D eigenvalue weighted by Gasteiger charge is 2.12. The molecule has 0 aliphatic rings. The highest BCUT2D eigenvalue weighted by atomic mass is 79.9. The van der Waals surface area contributed by atoms with Crippen LogP contribution in [0.5, 0.6) is 0 Å². The lowest BCUT2D eigenvalue weighted by atomic mass is 9.98. The van der Waals surface area contributed by atoms with Crippen LogP contribution in [0.3, 0.4) is 0 Å². The molecular formula is C17H17BrFNO. The number of carbonyl (C=O) groups is 1. The summed E-state index contributed by atoms with van der Waals surface area (Å²) in [6.45, 7) is 2.63. The lowest BCUT2D eigenvalue weighted by Gasteiger charge is -2.12. The van der Waals surface area contributed by atoms with Crippen LogP contribution in [-0.2, 0) is 0 Å². The summed E-state index contributed by atoms with van der Waals surface area (Å²) in [6, 6.07) is 14.6. The van der Waals surface area contributed by atoms with Gasteiger partial charge in [-0.25, -0.2) is 4.39 Å². The highest BCUT2D eigenvalue weighted by Crippen LogP contribution is 2.18. The van der Waals surface area contributed by atoms with Crippen LogP contribution in [-0.4, -0.2) is 12.5 Å². The normalized spacial score (nSPS) is 12.0. The van der Waals surface area contributed by atoms with Crippen molar-refractivity contribution in [2.24, 2.45) is 0 Å². The molecule has 1 N–H and O–H groups in total. The molecule has 21 heavy (non-hydrogen) atoms. The van der Waals surface area contributed by atoms with Gasteiger partial charge in [-0.3, -0.25) is 4.79 Å². The third-order valence-electron chi connectivity index (χ3n) is 3.41. The SMILES string of the molecule is CC(CCNC(=O)c1ccc(Br)cc1F)c1ccccc1. The topological polar surface area (TPSA) is 29.1 Å². The lowest BCUT2D eigenvalue weighted by Crippen LogP contribution is -2.26. The first-order valence-corrected chi connectivity index (χ1v) is 7.65. The Bertz CT molecular complexity index is 615. The molecule has 0 heterocycles. The Morgan fingerprint density at radius 1 is 1.24 bits per heavy atom. The van der Waals surface area contributed by atoms with E-state index in [2.05, 4.69) is 40.3 Å². The molecule has 1 atom stereocenters. The average Bonchev–Trinajstić information content (AvgIpc) is 2.47. The molecule has 0 saturated heterocycles. The van der Waals surface area contributed by atoms with Crippen LogP contribution in [0.2, 0.25) is 0 Å². The second kappa shape index (κ2) is 7.36. The maximum Gasteiger partial charge on any atom is 0.254 e. The van der Waals surface area contributed by atoms with Crippen LogP contribution >= 0.6 is 15.9 Å². The van der Waals surface area contributed by atoms with Crippen LogP contribution in [0.4, 0.5) is 4.39 Å². The van der Waals surface area contributed by atoms with Crippen LogP contribution in [0.1, 0.15) is 35.2 Å². The second-order valence-electron chi connectivity index (χ2n) is 4.98. The van der Waals surface area contributed by atoms with Gasteiger partial charge < -0.3 is 5.32 Å². The van der Waals surface area contributed by atoms with Gasteiger partial charge in [0.1, 0.15) is 5.82 Å². The molecule has 2 nitrogen and oxygen atoms in total. The predicted octanol–water partition coefficient (Wildman–Crippen LogP) is 4.51. The molecule has 2 rings (SSSR count). The molecule has 1 unspecified atom stereocenters. The van der Waals surface area contributed by atoms with E-state index in [0.29, 0.717) is 16.9 Å². The zero-order valence-corrected chi connectivity index (χ0v) is 13.4. The van der Waals surface area contributed by atoms with Crippen molar-refractivity contribution in [3.05, 3.63) is 69.9 Å². The molecule has 0 radical (unpaired) electrons. The summed E-state index contributed by atoms with van der Waals surface area (Å²) in [5, 5.41) is 2.77. The zero-order valence-electron chi connectivity index (χ0n) is 11.8. The standard InChI is InChI=1S/C17H17BrFNO/c1-12(13-5-3-2-4-6-13)9-10-20-17(21)15-8-7-14(18)11-16(15)19/h2-8,11-12H,9-10H2,1H3,(H,20,21). The van der Waals surface area contributed by atoms with Crippen LogP contribution in [0.15, 0.2) is 53.0 Å². The van der Waals surface area contributed by atoms with Crippen molar-refractivity contribution >= 4 is 21.8 Å². The Kier molecular flexibility index (Phi) is 5.51. The van der Waals surface area contributed by atoms with E-state index in [1.165, 1.54) is 17.7 Å². The van der Waals surface area contributed by atoms with Crippen LogP contribution < -0.4 is 5.32 Å². The number of nitrogens with one attached hydrogen (secondary N) is 1. The minimum atomic E-state index is -0.516. The Morgan fingerprint density at radius 3 is 2.62 bits per heavy atom. The van der Waals surface area contributed by atoms with Gasteiger partial charge in [-0.1, -0.05) is 53.2 Å². The van der Waals surface area contributed by atoms with Gasteiger partial charge in [-0.15, -0.1) is 0 Å². The summed E-state index contributed by atoms with van der Waals surface area (Å²) in [7, 11) is 0. The monoisotopic (exact) mass is 349 g/mol. The van der Waals surface area contributed by atoms with E-state index >= 15 is 0 Å². The Labute approximate surface area is 132 Å². The molecule has 0 aromatic heterocycles. The molecule has 2 aromatic rings. The van der Waals surface area contributed by atoms with E-state index in [9.17, 15) is 9.18 Å². The maximum atomic E-state index is 13.7. The molecule has 0 bridgehead atoms. The van der Waals surface area contributed by atoms with Gasteiger partial charge in [0, 0.05) is 11.0 Å². The summed E-state index contributed by atoms with van der Waals surface area (Å²) < 4.78 is 14.3. The molecular weight excluding hydrogens is 333 g/mol. The van der Waals surface area contributed by atoms with E-state index in [1.807, 2.05) is 18.2 Å². The van der Waals surface area contributed by atoms with E-state index in [4.69, 9.17) is 0 Å². The Balaban J connectivity index is 1.87. The van der Waals surface area contributed by atoms with Gasteiger partial charge in [0.2, 0.25) is 0 Å². The molecule has 0 fully saturated rings. The van der Waals surface area contributed by atoms with Crippen molar-refractivity contribution in [1.82, 2.24) is 5.32 Å². The number of hydrogen-bond donors (Lipinski definition) is 1. The van der Waals surface area contributed by atoms with Crippen molar-refractivity contribution in [2.75, 3.05) is 6.54 Å². The number of rotatable bonds is 5. The lowest BCUT2D eigenvalue weighted by molar-refractivity contribution is 0.0948. The third-order valence-corrected chi connectivity index (χ3v) is 3.90. The van der Waals surface area contributed by atoms with E-state index in [-0.39, 0.29) is 11.5 Å². The quantitative estimate of drug-likeness (QED) is 0.845. The van der Waals surface area contributed by atoms with Crippen molar-refractivity contribution in [1.29, 1.82) is 0 Å². The van der Waals surface area contributed by atoms with Crippen LogP contribution in [0.25, 0.3) is 0 Å². The van der Waals surface area contributed by atoms with Crippen molar-refractivity contribution in [3.63, 3.8) is 0 Å². The first kappa shape index (κ1) is 15.7. The number of benzene rings is 2. The summed E-state index contributed by atoms with van der Waals surface area (Å²) in [4.78, 5) is 11.9. The van der Waals surface area contributed by atoms with E-state index in [1.54, 1.807) is 6.07 Å². The molecule has 0 aliphatic carbocycles. The average molecular weight is 350 g/mol.